The Morgan fingerprint density at radius 2 is 1.83 bits per heavy atom. The molecular formula is C26H22FN7OS. The molecule has 0 saturated carbocycles. The highest BCUT2D eigenvalue weighted by Gasteiger charge is 2.17. The maximum atomic E-state index is 13.2. The van der Waals surface area contributed by atoms with Crippen LogP contribution in [0.5, 0.6) is 0 Å². The Kier molecular flexibility index (Phi) is 6.50. The second-order valence-corrected chi connectivity index (χ2v) is 9.28. The van der Waals surface area contributed by atoms with E-state index >= 15 is 0 Å². The summed E-state index contributed by atoms with van der Waals surface area (Å²) in [5.41, 5.74) is 8.81. The van der Waals surface area contributed by atoms with Crippen LogP contribution in [0.15, 0.2) is 73.3 Å². The molecule has 4 N–H and O–H groups in total. The molecule has 0 spiro atoms. The van der Waals surface area contributed by atoms with Gasteiger partial charge >= 0.3 is 0 Å². The summed E-state index contributed by atoms with van der Waals surface area (Å²) in [4.78, 5) is 31.9. The molecule has 0 radical (unpaired) electrons. The van der Waals surface area contributed by atoms with E-state index in [0.717, 1.165) is 31.8 Å². The molecule has 3 aromatic heterocycles. The number of halogens is 1. The molecule has 5 rings (SSSR count). The lowest BCUT2D eigenvalue weighted by molar-refractivity contribution is 0.0935. The summed E-state index contributed by atoms with van der Waals surface area (Å²) in [7, 11) is 0. The molecule has 1 amide bonds. The highest BCUT2D eigenvalue weighted by molar-refractivity contribution is 7.15. The van der Waals surface area contributed by atoms with E-state index in [2.05, 4.69) is 30.6 Å². The maximum Gasteiger partial charge on any atom is 0.274 e. The van der Waals surface area contributed by atoms with E-state index in [1.807, 2.05) is 37.3 Å². The predicted molar refractivity (Wildman–Crippen MR) is 139 cm³/mol. The van der Waals surface area contributed by atoms with Gasteiger partial charge in [0.05, 0.1) is 18.1 Å². The van der Waals surface area contributed by atoms with E-state index in [1.165, 1.54) is 30.9 Å². The molecule has 0 fully saturated rings. The van der Waals surface area contributed by atoms with Crippen molar-refractivity contribution in [2.24, 2.45) is 0 Å². The van der Waals surface area contributed by atoms with Crippen LogP contribution in [0.1, 0.15) is 33.9 Å². The van der Waals surface area contributed by atoms with Gasteiger partial charge in [-0.05, 0) is 54.4 Å². The van der Waals surface area contributed by atoms with Crippen molar-refractivity contribution in [2.45, 2.75) is 19.5 Å². The molecule has 0 unspecified atom stereocenters. The molecule has 0 saturated heterocycles. The van der Waals surface area contributed by atoms with E-state index in [1.54, 1.807) is 23.5 Å². The number of carbonyl (C=O) groups is 1. The Hall–Kier alpha value is -4.44. The number of carbonyl (C=O) groups excluding carboxylic acids is 1. The lowest BCUT2D eigenvalue weighted by atomic mass is 10.1. The fourth-order valence-corrected chi connectivity index (χ4v) is 4.71. The topological polar surface area (TPSA) is 119 Å². The molecule has 8 nitrogen and oxygen atoms in total. The molecule has 0 aliphatic carbocycles. The van der Waals surface area contributed by atoms with Crippen molar-refractivity contribution in [3.8, 4) is 10.4 Å². The van der Waals surface area contributed by atoms with E-state index in [0.29, 0.717) is 18.2 Å². The zero-order valence-electron chi connectivity index (χ0n) is 19.3. The van der Waals surface area contributed by atoms with Crippen LogP contribution in [0.3, 0.4) is 0 Å². The van der Waals surface area contributed by atoms with E-state index in [-0.39, 0.29) is 23.5 Å². The Labute approximate surface area is 210 Å². The van der Waals surface area contributed by atoms with Crippen molar-refractivity contribution in [2.75, 3.05) is 11.1 Å². The SMILES string of the molecule is C[C@H](NC(=O)c1nccnc1NCc1ccc(-c2ccc3ncnc(N)c3c2)s1)c1ccc(F)cc1. The number of fused-ring (bicyclic) bond motifs is 1. The Morgan fingerprint density at radius 1 is 1.03 bits per heavy atom. The zero-order chi connectivity index (χ0) is 25.1. The Morgan fingerprint density at radius 3 is 2.67 bits per heavy atom. The third-order valence-electron chi connectivity index (χ3n) is 5.67. The van der Waals surface area contributed by atoms with Crippen LogP contribution in [-0.2, 0) is 6.54 Å². The molecule has 36 heavy (non-hydrogen) atoms. The smallest absolute Gasteiger partial charge is 0.274 e. The van der Waals surface area contributed by atoms with Gasteiger partial charge in [0.1, 0.15) is 18.0 Å². The summed E-state index contributed by atoms with van der Waals surface area (Å²) in [6.45, 7) is 2.30. The monoisotopic (exact) mass is 499 g/mol. The number of hydrogen-bond acceptors (Lipinski definition) is 8. The van der Waals surface area contributed by atoms with Crippen molar-refractivity contribution in [1.29, 1.82) is 0 Å². The van der Waals surface area contributed by atoms with E-state index in [4.69, 9.17) is 5.73 Å². The zero-order valence-corrected chi connectivity index (χ0v) is 20.1. The summed E-state index contributed by atoms with van der Waals surface area (Å²) >= 11 is 1.62. The van der Waals surface area contributed by atoms with Crippen LogP contribution >= 0.6 is 11.3 Å². The predicted octanol–water partition coefficient (Wildman–Crippen LogP) is 4.97. The van der Waals surface area contributed by atoms with Gasteiger partial charge in [0.25, 0.3) is 5.91 Å². The number of benzene rings is 2. The molecule has 0 aliphatic rings. The molecule has 10 heteroatoms. The van der Waals surface area contributed by atoms with Gasteiger partial charge in [-0.2, -0.15) is 0 Å². The fourth-order valence-electron chi connectivity index (χ4n) is 3.76. The molecular weight excluding hydrogens is 477 g/mol. The molecule has 2 aromatic carbocycles. The normalized spacial score (nSPS) is 11.8. The number of hydrogen-bond donors (Lipinski definition) is 3. The molecule has 5 aromatic rings. The van der Waals surface area contributed by atoms with Crippen molar-refractivity contribution in [1.82, 2.24) is 25.3 Å². The summed E-state index contributed by atoms with van der Waals surface area (Å²) in [5.74, 6) is 0.132. The largest absolute Gasteiger partial charge is 0.383 e. The lowest BCUT2D eigenvalue weighted by Gasteiger charge is -2.15. The van der Waals surface area contributed by atoms with Crippen LogP contribution < -0.4 is 16.4 Å². The van der Waals surface area contributed by atoms with Gasteiger partial charge in [-0.15, -0.1) is 11.3 Å². The lowest BCUT2D eigenvalue weighted by Crippen LogP contribution is -2.28. The molecule has 0 aliphatic heterocycles. The van der Waals surface area contributed by atoms with Crippen molar-refractivity contribution in [3.63, 3.8) is 0 Å². The quantitative estimate of drug-likeness (QED) is 0.289. The average molecular weight is 500 g/mol. The highest BCUT2D eigenvalue weighted by atomic mass is 32.1. The van der Waals surface area contributed by atoms with E-state index in [9.17, 15) is 9.18 Å². The number of thiophene rings is 1. The number of nitrogens with two attached hydrogens (primary N) is 1. The summed E-state index contributed by atoms with van der Waals surface area (Å²) in [6.07, 6.45) is 4.46. The number of anilines is 2. The third kappa shape index (κ3) is 4.98. The number of nitrogens with zero attached hydrogens (tertiary/aromatic N) is 4. The minimum Gasteiger partial charge on any atom is -0.383 e. The number of nitrogen functional groups attached to an aromatic ring is 1. The van der Waals surface area contributed by atoms with Gasteiger partial charge in [0.15, 0.2) is 11.5 Å². The van der Waals surface area contributed by atoms with Crippen molar-refractivity contribution < 1.29 is 9.18 Å². The highest BCUT2D eigenvalue weighted by Crippen LogP contribution is 2.31. The number of nitrogens with one attached hydrogen (secondary N) is 2. The fraction of sp³-hybridized carbons (Fsp3) is 0.115. The van der Waals surface area contributed by atoms with Crippen LogP contribution in [0.25, 0.3) is 21.3 Å². The van der Waals surface area contributed by atoms with Crippen LogP contribution in [0.4, 0.5) is 16.0 Å². The average Bonchev–Trinajstić information content (AvgIpc) is 3.37. The summed E-state index contributed by atoms with van der Waals surface area (Å²) in [6, 6.07) is 15.7. The van der Waals surface area contributed by atoms with Crippen molar-refractivity contribution >= 4 is 39.8 Å². The van der Waals surface area contributed by atoms with Gasteiger partial charge in [-0.1, -0.05) is 18.2 Å². The minimum absolute atomic E-state index is 0.188. The van der Waals surface area contributed by atoms with Crippen LogP contribution in [0, 0.1) is 5.82 Å². The third-order valence-corrected chi connectivity index (χ3v) is 6.81. The van der Waals surface area contributed by atoms with Crippen LogP contribution in [-0.4, -0.2) is 25.8 Å². The van der Waals surface area contributed by atoms with Crippen LogP contribution in [0.2, 0.25) is 0 Å². The number of amides is 1. The summed E-state index contributed by atoms with van der Waals surface area (Å²) in [5, 5.41) is 6.93. The first-order valence-corrected chi connectivity index (χ1v) is 12.0. The van der Waals surface area contributed by atoms with Gasteiger partial charge < -0.3 is 16.4 Å². The molecule has 3 heterocycles. The minimum atomic E-state index is -0.370. The van der Waals surface area contributed by atoms with Gasteiger partial charge in [-0.3, -0.25) is 4.79 Å². The van der Waals surface area contributed by atoms with Gasteiger partial charge in [-0.25, -0.2) is 24.3 Å². The first kappa shape index (κ1) is 23.3. The maximum absolute atomic E-state index is 13.2. The molecule has 180 valence electrons. The standard InChI is InChI=1S/C26H22FN7OS/c1-15(16-2-5-18(27)6-3-16)34-26(35)23-25(30-11-10-29-23)31-13-19-7-9-22(36-19)17-4-8-21-20(12-17)24(28)33-14-32-21/h2-12,14-15H,13H2,1H3,(H,30,31)(H,34,35)(H2,28,32,33)/t15-/m0/s1. The number of aromatic nitrogens is 4. The van der Waals surface area contributed by atoms with E-state index < -0.39 is 0 Å². The first-order chi connectivity index (χ1) is 17.5. The first-order valence-electron chi connectivity index (χ1n) is 11.2. The Balaban J connectivity index is 1.28. The number of rotatable bonds is 7. The second-order valence-electron chi connectivity index (χ2n) is 8.11. The second kappa shape index (κ2) is 10.0. The Bertz CT molecular complexity index is 1540. The van der Waals surface area contributed by atoms with Gasteiger partial charge in [0, 0.05) is 27.5 Å². The van der Waals surface area contributed by atoms with Gasteiger partial charge in [0.2, 0.25) is 0 Å². The van der Waals surface area contributed by atoms with Crippen molar-refractivity contribution in [3.05, 3.63) is 95.3 Å². The molecule has 1 atom stereocenters. The summed E-state index contributed by atoms with van der Waals surface area (Å²) < 4.78 is 13.2. The molecule has 0 bridgehead atoms.